The average Bonchev–Trinajstić information content (AvgIpc) is 3.30. The van der Waals surface area contributed by atoms with Gasteiger partial charge >= 0.3 is 0 Å². The Labute approximate surface area is 158 Å². The van der Waals surface area contributed by atoms with Gasteiger partial charge in [0.1, 0.15) is 18.1 Å². The van der Waals surface area contributed by atoms with Gasteiger partial charge in [-0.3, -0.25) is 9.59 Å². The van der Waals surface area contributed by atoms with E-state index in [4.69, 9.17) is 9.47 Å². The fourth-order valence-corrected chi connectivity index (χ4v) is 3.79. The summed E-state index contributed by atoms with van der Waals surface area (Å²) in [7, 11) is 0. The SMILES string of the molecule is Cc1c(C(=O)Nc2ccc(OC[C@H]3CCCO3)cc2)[nH]c2c1C(=O)CCC2. The van der Waals surface area contributed by atoms with Crippen molar-refractivity contribution in [2.24, 2.45) is 0 Å². The third kappa shape index (κ3) is 3.76. The van der Waals surface area contributed by atoms with Crippen molar-refractivity contribution in [3.05, 3.63) is 46.8 Å². The minimum absolute atomic E-state index is 0.122. The first-order valence-corrected chi connectivity index (χ1v) is 9.52. The van der Waals surface area contributed by atoms with E-state index in [2.05, 4.69) is 10.3 Å². The Bertz CT molecular complexity index is 848. The summed E-state index contributed by atoms with van der Waals surface area (Å²) in [6, 6.07) is 7.29. The number of aromatic nitrogens is 1. The molecule has 1 saturated heterocycles. The number of hydrogen-bond donors (Lipinski definition) is 2. The fourth-order valence-electron chi connectivity index (χ4n) is 3.79. The number of aromatic amines is 1. The lowest BCUT2D eigenvalue weighted by Gasteiger charge is -2.12. The first-order chi connectivity index (χ1) is 13.1. The van der Waals surface area contributed by atoms with Gasteiger partial charge in [-0.15, -0.1) is 0 Å². The maximum atomic E-state index is 12.6. The number of carbonyl (C=O) groups excluding carboxylic acids is 2. The molecule has 1 aromatic carbocycles. The van der Waals surface area contributed by atoms with E-state index in [1.54, 1.807) is 0 Å². The second kappa shape index (κ2) is 7.56. The molecule has 6 nitrogen and oxygen atoms in total. The van der Waals surface area contributed by atoms with Crippen LogP contribution in [-0.2, 0) is 11.2 Å². The number of fused-ring (bicyclic) bond motifs is 1. The third-order valence-corrected chi connectivity index (χ3v) is 5.24. The van der Waals surface area contributed by atoms with E-state index in [1.165, 1.54) is 0 Å². The molecule has 1 atom stereocenters. The van der Waals surface area contributed by atoms with Crippen molar-refractivity contribution in [3.63, 3.8) is 0 Å². The van der Waals surface area contributed by atoms with Crippen molar-refractivity contribution in [2.75, 3.05) is 18.5 Å². The second-order valence-corrected chi connectivity index (χ2v) is 7.18. The van der Waals surface area contributed by atoms with Gasteiger partial charge < -0.3 is 19.8 Å². The minimum atomic E-state index is -0.234. The van der Waals surface area contributed by atoms with Gasteiger partial charge in [0.2, 0.25) is 0 Å². The van der Waals surface area contributed by atoms with Crippen molar-refractivity contribution in [3.8, 4) is 5.75 Å². The number of anilines is 1. The number of ketones is 1. The summed E-state index contributed by atoms with van der Waals surface area (Å²) in [6.45, 7) is 3.19. The average molecular weight is 368 g/mol. The molecule has 0 unspecified atom stereocenters. The molecule has 2 aliphatic rings. The molecule has 6 heteroatoms. The number of carbonyl (C=O) groups is 2. The van der Waals surface area contributed by atoms with Gasteiger partial charge in [-0.05, 0) is 62.4 Å². The molecule has 0 radical (unpaired) electrons. The molecule has 0 saturated carbocycles. The predicted molar refractivity (Wildman–Crippen MR) is 102 cm³/mol. The number of nitrogens with one attached hydrogen (secondary N) is 2. The van der Waals surface area contributed by atoms with E-state index in [1.807, 2.05) is 31.2 Å². The number of amides is 1. The monoisotopic (exact) mass is 368 g/mol. The van der Waals surface area contributed by atoms with Gasteiger partial charge in [-0.2, -0.15) is 0 Å². The molecule has 0 bridgehead atoms. The van der Waals surface area contributed by atoms with Crippen molar-refractivity contribution in [1.29, 1.82) is 0 Å². The Morgan fingerprint density at radius 2 is 2.07 bits per heavy atom. The summed E-state index contributed by atoms with van der Waals surface area (Å²) >= 11 is 0. The van der Waals surface area contributed by atoms with Crippen LogP contribution < -0.4 is 10.1 Å². The van der Waals surface area contributed by atoms with Crippen LogP contribution in [-0.4, -0.2) is 36.0 Å². The van der Waals surface area contributed by atoms with Crippen molar-refractivity contribution >= 4 is 17.4 Å². The number of aryl methyl sites for hydroxylation is 1. The number of ether oxygens (including phenoxy) is 2. The van der Waals surface area contributed by atoms with Gasteiger partial charge in [0.15, 0.2) is 5.78 Å². The standard InChI is InChI=1S/C21H24N2O4/c1-13-19-17(5-2-6-18(19)24)23-20(13)21(25)22-14-7-9-15(10-8-14)27-12-16-4-3-11-26-16/h7-10,16,23H,2-6,11-12H2,1H3,(H,22,25)/t16-/m1/s1. The lowest BCUT2D eigenvalue weighted by molar-refractivity contribution is 0.0679. The molecule has 27 heavy (non-hydrogen) atoms. The van der Waals surface area contributed by atoms with Gasteiger partial charge in [0.25, 0.3) is 5.91 Å². The Kier molecular flexibility index (Phi) is 4.99. The molecular formula is C21H24N2O4. The lowest BCUT2D eigenvalue weighted by Crippen LogP contribution is -2.16. The number of Topliss-reactive ketones (excluding diaryl/α,β-unsaturated/α-hetero) is 1. The van der Waals surface area contributed by atoms with Gasteiger partial charge in [0, 0.05) is 30.0 Å². The fraction of sp³-hybridized carbons (Fsp3) is 0.429. The Morgan fingerprint density at radius 3 is 2.78 bits per heavy atom. The van der Waals surface area contributed by atoms with Crippen LogP contribution in [0.5, 0.6) is 5.75 Å². The van der Waals surface area contributed by atoms with Crippen LogP contribution in [0, 0.1) is 6.92 Å². The summed E-state index contributed by atoms with van der Waals surface area (Å²) in [4.78, 5) is 27.9. The van der Waals surface area contributed by atoms with Gasteiger partial charge in [-0.25, -0.2) is 0 Å². The molecule has 142 valence electrons. The zero-order chi connectivity index (χ0) is 18.8. The molecule has 2 N–H and O–H groups in total. The molecule has 2 heterocycles. The van der Waals surface area contributed by atoms with E-state index < -0.39 is 0 Å². The van der Waals surface area contributed by atoms with E-state index >= 15 is 0 Å². The van der Waals surface area contributed by atoms with Crippen molar-refractivity contribution < 1.29 is 19.1 Å². The normalized spacial score (nSPS) is 19.0. The summed E-state index contributed by atoms with van der Waals surface area (Å²) < 4.78 is 11.3. The van der Waals surface area contributed by atoms with Crippen LogP contribution in [0.25, 0.3) is 0 Å². The zero-order valence-corrected chi connectivity index (χ0v) is 15.5. The van der Waals surface area contributed by atoms with Crippen molar-refractivity contribution in [2.45, 2.75) is 45.1 Å². The van der Waals surface area contributed by atoms with Crippen molar-refractivity contribution in [1.82, 2.24) is 4.98 Å². The number of rotatable bonds is 5. The van der Waals surface area contributed by atoms with E-state index in [0.717, 1.165) is 49.3 Å². The minimum Gasteiger partial charge on any atom is -0.491 e. The highest BCUT2D eigenvalue weighted by molar-refractivity contribution is 6.08. The van der Waals surface area contributed by atoms with Crippen LogP contribution in [0.3, 0.4) is 0 Å². The molecule has 1 fully saturated rings. The highest BCUT2D eigenvalue weighted by Crippen LogP contribution is 2.27. The Hall–Kier alpha value is -2.60. The van der Waals surface area contributed by atoms with Gasteiger partial charge in [-0.1, -0.05) is 0 Å². The summed E-state index contributed by atoms with van der Waals surface area (Å²) in [6.07, 6.45) is 4.50. The van der Waals surface area contributed by atoms with Gasteiger partial charge in [0.05, 0.1) is 6.10 Å². The first-order valence-electron chi connectivity index (χ1n) is 9.52. The van der Waals surface area contributed by atoms with Crippen LogP contribution >= 0.6 is 0 Å². The zero-order valence-electron chi connectivity index (χ0n) is 15.5. The topological polar surface area (TPSA) is 80.4 Å². The summed E-state index contributed by atoms with van der Waals surface area (Å²) in [5, 5.41) is 2.89. The third-order valence-electron chi connectivity index (χ3n) is 5.24. The molecular weight excluding hydrogens is 344 g/mol. The quantitative estimate of drug-likeness (QED) is 0.844. The molecule has 2 aromatic rings. The highest BCUT2D eigenvalue weighted by Gasteiger charge is 2.26. The highest BCUT2D eigenvalue weighted by atomic mass is 16.5. The van der Waals surface area contributed by atoms with E-state index in [9.17, 15) is 9.59 Å². The number of benzene rings is 1. The van der Waals surface area contributed by atoms with Crippen LogP contribution in [0.15, 0.2) is 24.3 Å². The number of H-pyrrole nitrogens is 1. The largest absolute Gasteiger partial charge is 0.491 e. The predicted octanol–water partition coefficient (Wildman–Crippen LogP) is 3.65. The molecule has 1 amide bonds. The summed E-state index contributed by atoms with van der Waals surface area (Å²) in [5.74, 6) is 0.639. The van der Waals surface area contributed by atoms with Crippen LogP contribution in [0.1, 0.15) is 57.8 Å². The van der Waals surface area contributed by atoms with E-state index in [0.29, 0.717) is 30.0 Å². The van der Waals surface area contributed by atoms with E-state index in [-0.39, 0.29) is 17.8 Å². The second-order valence-electron chi connectivity index (χ2n) is 7.18. The molecule has 1 aliphatic heterocycles. The maximum absolute atomic E-state index is 12.6. The summed E-state index contributed by atoms with van der Waals surface area (Å²) in [5.41, 5.74) is 3.47. The Morgan fingerprint density at radius 1 is 1.26 bits per heavy atom. The lowest BCUT2D eigenvalue weighted by atomic mass is 9.94. The smallest absolute Gasteiger partial charge is 0.272 e. The molecule has 0 spiro atoms. The van der Waals surface area contributed by atoms with Crippen LogP contribution in [0.4, 0.5) is 5.69 Å². The number of hydrogen-bond acceptors (Lipinski definition) is 4. The Balaban J connectivity index is 1.40. The molecule has 4 rings (SSSR count). The maximum Gasteiger partial charge on any atom is 0.272 e. The molecule has 1 aliphatic carbocycles. The first kappa shape index (κ1) is 17.8. The van der Waals surface area contributed by atoms with Crippen LogP contribution in [0.2, 0.25) is 0 Å². The molecule has 1 aromatic heterocycles.